The average molecular weight is 265 g/mol. The number of amidine groups is 1. The number of likely N-dealkylation sites (N-methyl/N-ethyl adjacent to an activating group) is 1. The summed E-state index contributed by atoms with van der Waals surface area (Å²) in [6.07, 6.45) is 1.01. The third kappa shape index (κ3) is 1.72. The average Bonchev–Trinajstić information content (AvgIpc) is 2.93. The Kier molecular flexibility index (Phi) is 2.64. The molecular weight excluding hydrogens is 250 g/mol. The number of likely N-dealkylation sites (tertiary alicyclic amines) is 1. The smallest absolute Gasteiger partial charge is 0.285 e. The van der Waals surface area contributed by atoms with Gasteiger partial charge < -0.3 is 10.2 Å². The first-order valence-electron chi connectivity index (χ1n) is 5.98. The number of hydrogen-bond donors (Lipinski definition) is 1. The van der Waals surface area contributed by atoms with Crippen molar-refractivity contribution in [2.75, 3.05) is 20.1 Å². The molecule has 1 atom stereocenters. The molecule has 6 heteroatoms. The quantitative estimate of drug-likeness (QED) is 0.800. The molecule has 5 nitrogen and oxygen atoms in total. The van der Waals surface area contributed by atoms with Crippen molar-refractivity contribution in [2.24, 2.45) is 4.40 Å². The number of sulfonamides is 1. The molecule has 1 fully saturated rings. The number of benzene rings is 1. The fraction of sp³-hybridized carbons (Fsp3) is 0.417. The highest BCUT2D eigenvalue weighted by Crippen LogP contribution is 2.28. The maximum absolute atomic E-state index is 11.9. The molecule has 1 unspecified atom stereocenters. The molecule has 1 aromatic rings. The van der Waals surface area contributed by atoms with Crippen LogP contribution < -0.4 is 5.32 Å². The van der Waals surface area contributed by atoms with Crippen LogP contribution in [0.4, 0.5) is 0 Å². The molecule has 1 saturated heterocycles. The summed E-state index contributed by atoms with van der Waals surface area (Å²) >= 11 is 0. The lowest BCUT2D eigenvalue weighted by Crippen LogP contribution is -2.33. The van der Waals surface area contributed by atoms with Crippen LogP contribution in [-0.4, -0.2) is 45.3 Å². The molecule has 1 N–H and O–H groups in total. The second-order valence-electron chi connectivity index (χ2n) is 4.61. The predicted molar refractivity (Wildman–Crippen MR) is 69.2 cm³/mol. The maximum atomic E-state index is 11.9. The van der Waals surface area contributed by atoms with Gasteiger partial charge >= 0.3 is 0 Å². The molecule has 2 aliphatic rings. The Morgan fingerprint density at radius 3 is 2.89 bits per heavy atom. The Labute approximate surface area is 107 Å². The van der Waals surface area contributed by atoms with Crippen LogP contribution in [0.15, 0.2) is 33.6 Å². The highest BCUT2D eigenvalue weighted by atomic mass is 32.2. The second kappa shape index (κ2) is 4.07. The molecule has 1 aromatic carbocycles. The van der Waals surface area contributed by atoms with Crippen LogP contribution in [0.5, 0.6) is 0 Å². The Balaban J connectivity index is 2.00. The molecule has 18 heavy (non-hydrogen) atoms. The van der Waals surface area contributed by atoms with E-state index in [1.165, 1.54) is 0 Å². The van der Waals surface area contributed by atoms with Gasteiger partial charge in [0.15, 0.2) is 5.84 Å². The van der Waals surface area contributed by atoms with Crippen LogP contribution in [-0.2, 0) is 10.0 Å². The molecule has 0 spiro atoms. The number of fused-ring (bicyclic) bond motifs is 1. The van der Waals surface area contributed by atoms with E-state index in [0.717, 1.165) is 25.1 Å². The lowest BCUT2D eigenvalue weighted by atomic mass is 10.2. The van der Waals surface area contributed by atoms with Crippen molar-refractivity contribution in [2.45, 2.75) is 17.4 Å². The zero-order chi connectivity index (χ0) is 12.8. The minimum absolute atomic E-state index is 0.327. The molecule has 0 amide bonds. The lowest BCUT2D eigenvalue weighted by molar-refractivity contribution is 0.494. The summed E-state index contributed by atoms with van der Waals surface area (Å²) in [5.74, 6) is 0.600. The Hall–Kier alpha value is -1.40. The minimum atomic E-state index is -3.49. The van der Waals surface area contributed by atoms with Gasteiger partial charge in [0.05, 0.1) is 0 Å². The van der Waals surface area contributed by atoms with Crippen LogP contribution in [0.1, 0.15) is 12.0 Å². The van der Waals surface area contributed by atoms with Gasteiger partial charge in [-0.15, -0.1) is 4.40 Å². The molecular formula is C12H15N3O2S. The van der Waals surface area contributed by atoms with Gasteiger partial charge in [-0.25, -0.2) is 0 Å². The number of rotatable bonds is 1. The molecule has 0 radical (unpaired) electrons. The molecule has 0 bridgehead atoms. The van der Waals surface area contributed by atoms with Gasteiger partial charge in [0.2, 0.25) is 0 Å². The number of hydrogen-bond acceptors (Lipinski definition) is 4. The molecule has 2 heterocycles. The van der Waals surface area contributed by atoms with Crippen molar-refractivity contribution in [3.63, 3.8) is 0 Å². The number of nitrogens with zero attached hydrogens (tertiary/aromatic N) is 2. The van der Waals surface area contributed by atoms with Gasteiger partial charge in [-0.1, -0.05) is 12.1 Å². The summed E-state index contributed by atoms with van der Waals surface area (Å²) in [5, 5.41) is 3.22. The third-order valence-electron chi connectivity index (χ3n) is 3.51. The Morgan fingerprint density at radius 2 is 2.17 bits per heavy atom. The first-order chi connectivity index (χ1) is 8.62. The van der Waals surface area contributed by atoms with E-state index in [1.807, 2.05) is 24.1 Å². The van der Waals surface area contributed by atoms with Gasteiger partial charge in [0.1, 0.15) is 4.90 Å². The van der Waals surface area contributed by atoms with Gasteiger partial charge in [-0.3, -0.25) is 0 Å². The predicted octanol–water partition coefficient (Wildman–Crippen LogP) is 0.429. The normalized spacial score (nSPS) is 25.1. The SMILES string of the molecule is CNC1CCN(C2=NS(=O)(=O)c3ccccc32)C1. The Bertz CT molecular complexity index is 610. The highest BCUT2D eigenvalue weighted by Gasteiger charge is 2.34. The molecule has 0 aliphatic carbocycles. The van der Waals surface area contributed by atoms with Crippen molar-refractivity contribution in [1.29, 1.82) is 0 Å². The fourth-order valence-corrected chi connectivity index (χ4v) is 3.73. The summed E-state index contributed by atoms with van der Waals surface area (Å²) in [6.45, 7) is 1.65. The van der Waals surface area contributed by atoms with Gasteiger partial charge in [0, 0.05) is 24.7 Å². The summed E-state index contributed by atoms with van der Waals surface area (Å²) in [6, 6.07) is 7.43. The number of nitrogens with one attached hydrogen (secondary N) is 1. The highest BCUT2D eigenvalue weighted by molar-refractivity contribution is 7.90. The van der Waals surface area contributed by atoms with Crippen molar-refractivity contribution < 1.29 is 8.42 Å². The second-order valence-corrected chi connectivity index (χ2v) is 6.18. The molecule has 0 aromatic heterocycles. The molecule has 96 valence electrons. The van der Waals surface area contributed by atoms with E-state index in [1.54, 1.807) is 12.1 Å². The zero-order valence-corrected chi connectivity index (χ0v) is 10.9. The monoisotopic (exact) mass is 265 g/mol. The Morgan fingerprint density at radius 1 is 1.39 bits per heavy atom. The summed E-state index contributed by atoms with van der Waals surface area (Å²) in [7, 11) is -1.56. The van der Waals surface area contributed by atoms with Crippen LogP contribution in [0.25, 0.3) is 0 Å². The molecule has 2 aliphatic heterocycles. The summed E-state index contributed by atoms with van der Waals surface area (Å²) in [4.78, 5) is 2.37. The largest absolute Gasteiger partial charge is 0.354 e. The first-order valence-corrected chi connectivity index (χ1v) is 7.42. The van der Waals surface area contributed by atoms with Crippen LogP contribution >= 0.6 is 0 Å². The van der Waals surface area contributed by atoms with E-state index >= 15 is 0 Å². The standard InChI is InChI=1S/C12H15N3O2S/c1-13-9-6-7-15(8-9)12-10-4-2-3-5-11(10)18(16,17)14-12/h2-5,9,13H,6-8H2,1H3. The third-order valence-corrected chi connectivity index (χ3v) is 4.83. The van der Waals surface area contributed by atoms with Gasteiger partial charge in [-0.2, -0.15) is 8.42 Å². The van der Waals surface area contributed by atoms with Crippen LogP contribution in [0.3, 0.4) is 0 Å². The van der Waals surface area contributed by atoms with E-state index in [0.29, 0.717) is 16.8 Å². The zero-order valence-electron chi connectivity index (χ0n) is 10.1. The maximum Gasteiger partial charge on any atom is 0.285 e. The topological polar surface area (TPSA) is 61.8 Å². The fourth-order valence-electron chi connectivity index (χ4n) is 2.50. The van der Waals surface area contributed by atoms with Crippen molar-refractivity contribution in [3.05, 3.63) is 29.8 Å². The van der Waals surface area contributed by atoms with E-state index in [4.69, 9.17) is 0 Å². The summed E-state index contributed by atoms with van der Waals surface area (Å²) < 4.78 is 27.8. The molecule has 3 rings (SSSR count). The van der Waals surface area contributed by atoms with E-state index in [-0.39, 0.29) is 0 Å². The van der Waals surface area contributed by atoms with Crippen molar-refractivity contribution in [3.8, 4) is 0 Å². The minimum Gasteiger partial charge on any atom is -0.354 e. The summed E-state index contributed by atoms with van der Waals surface area (Å²) in [5.41, 5.74) is 0.731. The van der Waals surface area contributed by atoms with Crippen LogP contribution in [0, 0.1) is 0 Å². The van der Waals surface area contributed by atoms with Crippen molar-refractivity contribution in [1.82, 2.24) is 10.2 Å². The van der Waals surface area contributed by atoms with Gasteiger partial charge in [-0.05, 0) is 25.6 Å². The molecule has 0 saturated carbocycles. The van der Waals surface area contributed by atoms with Crippen LogP contribution in [0.2, 0.25) is 0 Å². The van der Waals surface area contributed by atoms with E-state index in [9.17, 15) is 8.42 Å². The van der Waals surface area contributed by atoms with Gasteiger partial charge in [0.25, 0.3) is 10.0 Å². The van der Waals surface area contributed by atoms with E-state index in [2.05, 4.69) is 9.71 Å². The van der Waals surface area contributed by atoms with E-state index < -0.39 is 10.0 Å². The lowest BCUT2D eigenvalue weighted by Gasteiger charge is -2.18. The van der Waals surface area contributed by atoms with Crippen molar-refractivity contribution >= 4 is 15.9 Å². The first kappa shape index (κ1) is 11.7.